The van der Waals surface area contributed by atoms with E-state index in [2.05, 4.69) is 10.4 Å². The zero-order valence-corrected chi connectivity index (χ0v) is 16.6. The van der Waals surface area contributed by atoms with E-state index >= 15 is 0 Å². The molecular formula is C21H21FN4O4. The summed E-state index contributed by atoms with van der Waals surface area (Å²) in [6, 6.07) is 12.3. The highest BCUT2D eigenvalue weighted by Crippen LogP contribution is 2.07. The van der Waals surface area contributed by atoms with Gasteiger partial charge in [0.25, 0.3) is 11.5 Å². The molecule has 1 amide bonds. The van der Waals surface area contributed by atoms with E-state index in [-0.39, 0.29) is 19.7 Å². The van der Waals surface area contributed by atoms with Gasteiger partial charge in [0.15, 0.2) is 0 Å². The molecule has 9 heteroatoms. The summed E-state index contributed by atoms with van der Waals surface area (Å²) < 4.78 is 20.0. The molecule has 8 nitrogen and oxygen atoms in total. The van der Waals surface area contributed by atoms with Crippen LogP contribution in [0.1, 0.15) is 21.6 Å². The van der Waals surface area contributed by atoms with Crippen LogP contribution in [0.5, 0.6) is 0 Å². The average molecular weight is 412 g/mol. The predicted molar refractivity (Wildman–Crippen MR) is 109 cm³/mol. The summed E-state index contributed by atoms with van der Waals surface area (Å²) in [5.74, 6) is -1.15. The van der Waals surface area contributed by atoms with Gasteiger partial charge in [-0.3, -0.25) is 14.2 Å². The lowest BCUT2D eigenvalue weighted by Gasteiger charge is -2.12. The lowest BCUT2D eigenvalue weighted by atomic mass is 10.2. The number of aromatic nitrogens is 3. The zero-order chi connectivity index (χ0) is 21.7. The number of methoxy groups -OCH3 is 1. The molecule has 30 heavy (non-hydrogen) atoms. The Morgan fingerprint density at radius 1 is 1.10 bits per heavy atom. The normalized spacial score (nSPS) is 10.8. The maximum atomic E-state index is 13.2. The van der Waals surface area contributed by atoms with Crippen LogP contribution >= 0.6 is 0 Å². The first kappa shape index (κ1) is 21.1. The van der Waals surface area contributed by atoms with E-state index in [1.165, 1.54) is 31.4 Å². The molecule has 1 N–H and O–H groups in total. The van der Waals surface area contributed by atoms with E-state index in [9.17, 15) is 18.8 Å². The van der Waals surface area contributed by atoms with Crippen LogP contribution in [0, 0.1) is 12.7 Å². The van der Waals surface area contributed by atoms with Crippen molar-refractivity contribution in [2.75, 3.05) is 20.3 Å². The summed E-state index contributed by atoms with van der Waals surface area (Å²) >= 11 is 0. The molecule has 156 valence electrons. The topological polar surface area (TPSA) is 95.2 Å². The van der Waals surface area contributed by atoms with Gasteiger partial charge in [0.1, 0.15) is 5.82 Å². The van der Waals surface area contributed by atoms with Crippen molar-refractivity contribution >= 4 is 5.91 Å². The molecule has 0 unspecified atom stereocenters. The summed E-state index contributed by atoms with van der Waals surface area (Å²) in [5.41, 5.74) is -0.0472. The summed E-state index contributed by atoms with van der Waals surface area (Å²) in [7, 11) is 1.48. The van der Waals surface area contributed by atoms with Crippen molar-refractivity contribution in [2.45, 2.75) is 13.5 Å². The quantitative estimate of drug-likeness (QED) is 0.590. The van der Waals surface area contributed by atoms with Crippen LogP contribution in [0.3, 0.4) is 0 Å². The largest absolute Gasteiger partial charge is 0.383 e. The van der Waals surface area contributed by atoms with E-state index in [1.54, 1.807) is 24.3 Å². The van der Waals surface area contributed by atoms with Crippen LogP contribution in [0.2, 0.25) is 0 Å². The van der Waals surface area contributed by atoms with Gasteiger partial charge in [-0.2, -0.15) is 9.78 Å². The fourth-order valence-electron chi connectivity index (χ4n) is 2.77. The third-order valence-electron chi connectivity index (χ3n) is 4.40. The minimum Gasteiger partial charge on any atom is -0.383 e. The second-order valence-electron chi connectivity index (χ2n) is 6.64. The number of hydrogen-bond donors (Lipinski definition) is 1. The molecule has 0 saturated carbocycles. The Morgan fingerprint density at radius 3 is 2.40 bits per heavy atom. The molecule has 3 aromatic rings. The van der Waals surface area contributed by atoms with Crippen LogP contribution < -0.4 is 16.6 Å². The lowest BCUT2D eigenvalue weighted by Crippen LogP contribution is -2.46. The number of nitrogens with zero attached hydrogens (tertiary/aromatic N) is 3. The average Bonchev–Trinajstić information content (AvgIpc) is 2.73. The van der Waals surface area contributed by atoms with Crippen LogP contribution in [0.15, 0.2) is 58.1 Å². The van der Waals surface area contributed by atoms with Gasteiger partial charge in [0, 0.05) is 13.7 Å². The maximum Gasteiger partial charge on any atom is 0.352 e. The number of benzene rings is 2. The highest BCUT2D eigenvalue weighted by atomic mass is 19.1. The molecule has 2 aromatic carbocycles. The van der Waals surface area contributed by atoms with E-state index in [0.29, 0.717) is 11.3 Å². The molecule has 0 atom stereocenters. The first-order valence-corrected chi connectivity index (χ1v) is 9.23. The van der Waals surface area contributed by atoms with Crippen molar-refractivity contribution in [3.8, 4) is 5.69 Å². The predicted octanol–water partition coefficient (Wildman–Crippen LogP) is 1.27. The van der Waals surface area contributed by atoms with E-state index < -0.39 is 28.7 Å². The fourth-order valence-corrected chi connectivity index (χ4v) is 2.77. The van der Waals surface area contributed by atoms with Crippen LogP contribution in [0.4, 0.5) is 4.39 Å². The van der Waals surface area contributed by atoms with Gasteiger partial charge in [-0.1, -0.05) is 29.8 Å². The molecule has 0 saturated heterocycles. The van der Waals surface area contributed by atoms with Gasteiger partial charge in [-0.15, -0.1) is 0 Å². The van der Waals surface area contributed by atoms with E-state index in [0.717, 1.165) is 14.8 Å². The molecule has 1 heterocycles. The van der Waals surface area contributed by atoms with Gasteiger partial charge in [0.05, 0.1) is 18.8 Å². The van der Waals surface area contributed by atoms with E-state index in [4.69, 9.17) is 4.74 Å². The number of aryl methyl sites for hydroxylation is 1. The number of rotatable bonds is 7. The smallest absolute Gasteiger partial charge is 0.352 e. The Bertz CT molecular complexity index is 1150. The van der Waals surface area contributed by atoms with Crippen molar-refractivity contribution in [3.63, 3.8) is 0 Å². The number of nitrogens with one attached hydrogen (secondary N) is 1. The van der Waals surface area contributed by atoms with Crippen LogP contribution in [-0.4, -0.2) is 40.5 Å². The number of carbonyl (C=O) groups is 1. The number of ether oxygens (including phenoxy) is 1. The molecule has 0 bridgehead atoms. The Hall–Kier alpha value is -3.59. The summed E-state index contributed by atoms with van der Waals surface area (Å²) in [4.78, 5) is 38.4. The summed E-state index contributed by atoms with van der Waals surface area (Å²) in [6.07, 6.45) is 0. The molecule has 0 fully saturated rings. The van der Waals surface area contributed by atoms with E-state index in [1.807, 2.05) is 6.92 Å². The Balaban J connectivity index is 2.12. The first-order valence-electron chi connectivity index (χ1n) is 9.23. The third kappa shape index (κ3) is 4.69. The van der Waals surface area contributed by atoms with Crippen molar-refractivity contribution in [1.29, 1.82) is 0 Å². The van der Waals surface area contributed by atoms with Crippen molar-refractivity contribution in [1.82, 2.24) is 19.7 Å². The molecule has 0 aliphatic carbocycles. The standard InChI is InChI=1S/C21H21FN4O4/c1-14-3-9-17(10-4-14)26-21(29)25(13-15-5-7-16(22)8-6-15)20(28)18(24-26)19(27)23-11-12-30-2/h3-10H,11-13H2,1-2H3,(H,23,27). The van der Waals surface area contributed by atoms with Gasteiger partial charge in [-0.25, -0.2) is 9.18 Å². The van der Waals surface area contributed by atoms with Gasteiger partial charge in [-0.05, 0) is 36.8 Å². The third-order valence-corrected chi connectivity index (χ3v) is 4.40. The van der Waals surface area contributed by atoms with Crippen molar-refractivity contribution < 1.29 is 13.9 Å². The molecule has 0 aliphatic rings. The molecule has 0 aliphatic heterocycles. The monoisotopic (exact) mass is 412 g/mol. The molecule has 0 radical (unpaired) electrons. The number of amides is 1. The van der Waals surface area contributed by atoms with Crippen LogP contribution in [-0.2, 0) is 11.3 Å². The number of carbonyl (C=O) groups excluding carboxylic acids is 1. The second-order valence-corrected chi connectivity index (χ2v) is 6.64. The molecule has 3 rings (SSSR count). The fraction of sp³-hybridized carbons (Fsp3) is 0.238. The Labute approximate surface area is 171 Å². The number of hydrogen-bond acceptors (Lipinski definition) is 5. The Morgan fingerprint density at radius 2 is 1.77 bits per heavy atom. The second kappa shape index (κ2) is 9.27. The zero-order valence-electron chi connectivity index (χ0n) is 16.6. The molecule has 0 spiro atoms. The lowest BCUT2D eigenvalue weighted by molar-refractivity contribution is 0.0927. The van der Waals surface area contributed by atoms with Gasteiger partial charge < -0.3 is 10.1 Å². The minimum atomic E-state index is -0.831. The highest BCUT2D eigenvalue weighted by Gasteiger charge is 2.20. The SMILES string of the molecule is COCCNC(=O)c1nn(-c2ccc(C)cc2)c(=O)n(Cc2ccc(F)cc2)c1=O. The highest BCUT2D eigenvalue weighted by molar-refractivity contribution is 5.91. The van der Waals surface area contributed by atoms with Crippen LogP contribution in [0.25, 0.3) is 5.69 Å². The van der Waals surface area contributed by atoms with Gasteiger partial charge >= 0.3 is 5.69 Å². The first-order chi connectivity index (χ1) is 14.4. The number of halogens is 1. The summed E-state index contributed by atoms with van der Waals surface area (Å²) in [6.45, 7) is 2.19. The molecule has 1 aromatic heterocycles. The Kier molecular flexibility index (Phi) is 6.53. The van der Waals surface area contributed by atoms with Crippen molar-refractivity contribution in [3.05, 3.63) is 92.0 Å². The minimum absolute atomic E-state index is 0.134. The molecular weight excluding hydrogens is 391 g/mol. The van der Waals surface area contributed by atoms with Gasteiger partial charge in [0.2, 0.25) is 5.69 Å². The maximum absolute atomic E-state index is 13.2. The van der Waals surface area contributed by atoms with Crippen molar-refractivity contribution in [2.24, 2.45) is 0 Å². The summed E-state index contributed by atoms with van der Waals surface area (Å²) in [5, 5.41) is 6.57.